The second kappa shape index (κ2) is 7.21. The summed E-state index contributed by atoms with van der Waals surface area (Å²) in [5, 5.41) is 2.94. The van der Waals surface area contributed by atoms with Crippen LogP contribution in [0.3, 0.4) is 0 Å². The first kappa shape index (κ1) is 14.7. The molecule has 110 valence electrons. The van der Waals surface area contributed by atoms with E-state index in [1.54, 1.807) is 19.2 Å². The molecule has 0 saturated carbocycles. The fourth-order valence-corrected chi connectivity index (χ4v) is 2.38. The van der Waals surface area contributed by atoms with Crippen LogP contribution in [0.4, 0.5) is 0 Å². The van der Waals surface area contributed by atoms with E-state index in [2.05, 4.69) is 15.2 Å². The number of aromatic nitrogens is 1. The van der Waals surface area contributed by atoms with Gasteiger partial charge in [0.2, 0.25) is 0 Å². The third kappa shape index (κ3) is 3.91. The van der Waals surface area contributed by atoms with Crippen molar-refractivity contribution in [3.63, 3.8) is 0 Å². The van der Waals surface area contributed by atoms with Crippen molar-refractivity contribution in [2.24, 2.45) is 0 Å². The Bertz CT molecular complexity index is 492. The number of amides is 1. The van der Waals surface area contributed by atoms with Crippen LogP contribution < -0.4 is 10.9 Å². The molecule has 1 fully saturated rings. The number of aromatic amines is 1. The number of nitrogens with one attached hydrogen (secondary N) is 2. The molecule has 6 nitrogen and oxygen atoms in total. The van der Waals surface area contributed by atoms with E-state index in [0.717, 1.165) is 39.1 Å². The predicted octanol–water partition coefficient (Wildman–Crippen LogP) is 0.215. The molecule has 0 radical (unpaired) electrons. The third-order valence-corrected chi connectivity index (χ3v) is 3.60. The van der Waals surface area contributed by atoms with Crippen LogP contribution in [0, 0.1) is 0 Å². The fraction of sp³-hybridized carbons (Fsp3) is 0.571. The Morgan fingerprint density at radius 1 is 1.50 bits per heavy atom. The largest absolute Gasteiger partial charge is 0.383 e. The average molecular weight is 279 g/mol. The van der Waals surface area contributed by atoms with Gasteiger partial charge >= 0.3 is 0 Å². The van der Waals surface area contributed by atoms with E-state index in [1.807, 2.05) is 0 Å². The van der Waals surface area contributed by atoms with Gasteiger partial charge in [0, 0.05) is 39.0 Å². The van der Waals surface area contributed by atoms with Gasteiger partial charge < -0.3 is 19.9 Å². The van der Waals surface area contributed by atoms with Crippen molar-refractivity contribution in [2.75, 3.05) is 33.4 Å². The molecule has 0 bridgehead atoms. The summed E-state index contributed by atoms with van der Waals surface area (Å²) >= 11 is 0. The first-order valence-electron chi connectivity index (χ1n) is 6.90. The molecule has 2 heterocycles. The molecule has 1 aliphatic rings. The molecule has 0 aliphatic carbocycles. The first-order valence-corrected chi connectivity index (χ1v) is 6.90. The lowest BCUT2D eigenvalue weighted by Gasteiger charge is -2.32. The van der Waals surface area contributed by atoms with Crippen LogP contribution in [0.5, 0.6) is 0 Å². The summed E-state index contributed by atoms with van der Waals surface area (Å²) in [7, 11) is 1.70. The van der Waals surface area contributed by atoms with Crippen LogP contribution in [-0.4, -0.2) is 55.2 Å². The summed E-state index contributed by atoms with van der Waals surface area (Å²) in [6.07, 6.45) is 3.33. The molecule has 6 heteroatoms. The number of hydrogen-bond acceptors (Lipinski definition) is 4. The molecule has 1 amide bonds. The molecule has 1 saturated heterocycles. The number of methoxy groups -OCH3 is 1. The molecular formula is C14H21N3O3. The summed E-state index contributed by atoms with van der Waals surface area (Å²) in [6.45, 7) is 3.55. The van der Waals surface area contributed by atoms with E-state index in [9.17, 15) is 9.59 Å². The Balaban J connectivity index is 1.82. The van der Waals surface area contributed by atoms with Crippen molar-refractivity contribution in [3.8, 4) is 0 Å². The highest BCUT2D eigenvalue weighted by molar-refractivity contribution is 5.93. The maximum Gasteiger partial charge on any atom is 0.260 e. The topological polar surface area (TPSA) is 74.4 Å². The second-order valence-electron chi connectivity index (χ2n) is 5.00. The predicted molar refractivity (Wildman–Crippen MR) is 75.9 cm³/mol. The zero-order valence-electron chi connectivity index (χ0n) is 11.7. The standard InChI is InChI=1S/C14H21N3O3/c1-20-10-9-17-7-4-11(5-8-17)16-14(19)12-3-2-6-15-13(12)18/h2-3,6,11H,4-5,7-10H2,1H3,(H,15,18)(H,16,19). The van der Waals surface area contributed by atoms with E-state index < -0.39 is 0 Å². The van der Waals surface area contributed by atoms with Crippen LogP contribution in [-0.2, 0) is 4.74 Å². The zero-order chi connectivity index (χ0) is 14.4. The molecule has 0 unspecified atom stereocenters. The van der Waals surface area contributed by atoms with Gasteiger partial charge in [-0.25, -0.2) is 0 Å². The van der Waals surface area contributed by atoms with Crippen LogP contribution in [0.25, 0.3) is 0 Å². The molecule has 0 spiro atoms. The number of piperidine rings is 1. The van der Waals surface area contributed by atoms with Crippen LogP contribution in [0.2, 0.25) is 0 Å². The summed E-state index contributed by atoms with van der Waals surface area (Å²) in [4.78, 5) is 28.4. The molecule has 2 rings (SSSR count). The third-order valence-electron chi connectivity index (χ3n) is 3.60. The number of carbonyl (C=O) groups is 1. The van der Waals surface area contributed by atoms with Crippen molar-refractivity contribution >= 4 is 5.91 Å². The average Bonchev–Trinajstić information content (AvgIpc) is 2.47. The number of ether oxygens (including phenoxy) is 1. The normalized spacial score (nSPS) is 17.1. The van der Waals surface area contributed by atoms with Gasteiger partial charge in [-0.3, -0.25) is 9.59 Å². The SMILES string of the molecule is COCCN1CCC(NC(=O)c2ccc[nH]c2=O)CC1. The lowest BCUT2D eigenvalue weighted by atomic mass is 10.0. The molecule has 2 N–H and O–H groups in total. The van der Waals surface area contributed by atoms with Gasteiger partial charge in [0.25, 0.3) is 11.5 Å². The van der Waals surface area contributed by atoms with Gasteiger partial charge in [-0.1, -0.05) is 0 Å². The Kier molecular flexibility index (Phi) is 5.31. The minimum absolute atomic E-state index is 0.140. The van der Waals surface area contributed by atoms with Gasteiger partial charge in [-0.15, -0.1) is 0 Å². The van der Waals surface area contributed by atoms with Crippen molar-refractivity contribution in [1.82, 2.24) is 15.2 Å². The molecule has 0 atom stereocenters. The highest BCUT2D eigenvalue weighted by Gasteiger charge is 2.21. The van der Waals surface area contributed by atoms with Crippen LogP contribution >= 0.6 is 0 Å². The van der Waals surface area contributed by atoms with Crippen molar-refractivity contribution in [2.45, 2.75) is 18.9 Å². The number of carbonyl (C=O) groups excluding carboxylic acids is 1. The molecule has 1 aromatic rings. The number of likely N-dealkylation sites (tertiary alicyclic amines) is 1. The summed E-state index contributed by atoms with van der Waals surface area (Å²) in [5.41, 5.74) is -0.170. The minimum Gasteiger partial charge on any atom is -0.383 e. The van der Waals surface area contributed by atoms with Gasteiger partial charge in [0.05, 0.1) is 6.61 Å². The first-order chi connectivity index (χ1) is 9.70. The van der Waals surface area contributed by atoms with Crippen LogP contribution in [0.1, 0.15) is 23.2 Å². The van der Waals surface area contributed by atoms with Gasteiger partial charge in [0.15, 0.2) is 0 Å². The minimum atomic E-state index is -0.345. The number of pyridine rings is 1. The molecule has 0 aromatic carbocycles. The molecule has 20 heavy (non-hydrogen) atoms. The van der Waals surface area contributed by atoms with Crippen molar-refractivity contribution in [3.05, 3.63) is 34.2 Å². The Hall–Kier alpha value is -1.66. The van der Waals surface area contributed by atoms with Crippen LogP contribution in [0.15, 0.2) is 23.1 Å². The number of rotatable bonds is 5. The summed E-state index contributed by atoms with van der Waals surface area (Å²) in [5.74, 6) is -0.290. The maximum atomic E-state index is 12.0. The summed E-state index contributed by atoms with van der Waals surface area (Å²) < 4.78 is 5.06. The number of H-pyrrole nitrogens is 1. The van der Waals surface area contributed by atoms with E-state index >= 15 is 0 Å². The molecule has 1 aromatic heterocycles. The smallest absolute Gasteiger partial charge is 0.260 e. The quantitative estimate of drug-likeness (QED) is 0.808. The lowest BCUT2D eigenvalue weighted by Crippen LogP contribution is -2.46. The van der Waals surface area contributed by atoms with E-state index in [1.165, 1.54) is 6.20 Å². The zero-order valence-corrected chi connectivity index (χ0v) is 11.7. The Labute approximate surface area is 118 Å². The summed E-state index contributed by atoms with van der Waals surface area (Å²) in [6, 6.07) is 3.34. The highest BCUT2D eigenvalue weighted by Crippen LogP contribution is 2.10. The monoisotopic (exact) mass is 279 g/mol. The van der Waals surface area contributed by atoms with Gasteiger partial charge in [-0.2, -0.15) is 0 Å². The van der Waals surface area contributed by atoms with Gasteiger partial charge in [0.1, 0.15) is 5.56 Å². The van der Waals surface area contributed by atoms with E-state index in [0.29, 0.717) is 0 Å². The fourth-order valence-electron chi connectivity index (χ4n) is 2.38. The molecular weight excluding hydrogens is 258 g/mol. The maximum absolute atomic E-state index is 12.0. The van der Waals surface area contributed by atoms with E-state index in [-0.39, 0.29) is 23.1 Å². The number of nitrogens with zero attached hydrogens (tertiary/aromatic N) is 1. The highest BCUT2D eigenvalue weighted by atomic mass is 16.5. The molecule has 1 aliphatic heterocycles. The lowest BCUT2D eigenvalue weighted by molar-refractivity contribution is 0.0891. The van der Waals surface area contributed by atoms with E-state index in [4.69, 9.17) is 4.74 Å². The second-order valence-corrected chi connectivity index (χ2v) is 5.00. The van der Waals surface area contributed by atoms with Gasteiger partial charge in [-0.05, 0) is 25.0 Å². The van der Waals surface area contributed by atoms with Crippen molar-refractivity contribution < 1.29 is 9.53 Å². The Morgan fingerprint density at radius 3 is 2.90 bits per heavy atom. The van der Waals surface area contributed by atoms with Crippen molar-refractivity contribution in [1.29, 1.82) is 0 Å². The Morgan fingerprint density at radius 2 is 2.25 bits per heavy atom. The number of hydrogen-bond donors (Lipinski definition) is 2.